The summed E-state index contributed by atoms with van der Waals surface area (Å²) in [6.07, 6.45) is 3.40. The number of ether oxygens (including phenoxy) is 4. The van der Waals surface area contributed by atoms with Crippen LogP contribution in [0.4, 0.5) is 0 Å². The Bertz CT molecular complexity index is 3450. The first-order chi connectivity index (χ1) is 40.2. The second kappa shape index (κ2) is 28.3. The van der Waals surface area contributed by atoms with Crippen molar-refractivity contribution in [2.45, 2.75) is 137 Å². The zero-order chi connectivity index (χ0) is 60.3. The molecule has 3 aliphatic heterocycles. The van der Waals surface area contributed by atoms with Crippen LogP contribution in [0.15, 0.2) is 160 Å². The molecule has 6 aromatic rings. The van der Waals surface area contributed by atoms with Crippen molar-refractivity contribution >= 4 is 29.5 Å². The predicted octanol–water partition coefficient (Wildman–Crippen LogP) is 11.2. The van der Waals surface area contributed by atoms with Gasteiger partial charge in [-0.1, -0.05) is 169 Å². The fraction of sp³-hybridized carbons (Fsp3) is 0.463. The molecule has 0 spiro atoms. The molecule has 84 heavy (non-hydrogen) atoms. The van der Waals surface area contributed by atoms with Crippen LogP contribution in [0.25, 0.3) is 0 Å². The zero-order valence-electron chi connectivity index (χ0n) is 49.0. The van der Waals surface area contributed by atoms with E-state index in [1.165, 1.54) is 12.1 Å². The summed E-state index contributed by atoms with van der Waals surface area (Å²) in [5.74, 6) is -1.50. The standard InChI is InChI=1S/C45H56O10S2.C22H28O4S/c1-4-6-21-45(5-2)31-57(50,51)40-29-36(18-20-38(40)42(44(45)47)34-15-11-8-12-16-34)55-27-25-53-23-22-52-24-26-54-35-17-19-37-39(28-35)56(48,49)30-32(3)43(46)41(37)33-13-9-7-10-14-33;1-3-5-13-22(4-2)15-27(25,26)19-14-17(23)11-12-18(19)20(21(22)24)16-9-7-6-8-10-16/h7-20,28-29,32,41-44,46-47H,4-6,21-27,30-31H2,1-3H3;6-12,14,20-21,23-24H,3-5,13,15H2,1-2H3/t32-,41+,42+,43-,44+,45+;20-,21?,22-/m01/s1. The number of benzene rings is 6. The number of fused-ring (bicyclic) bond motifs is 3. The highest BCUT2D eigenvalue weighted by atomic mass is 32.2. The highest BCUT2D eigenvalue weighted by Crippen LogP contribution is 2.51. The molecule has 17 heteroatoms. The van der Waals surface area contributed by atoms with Gasteiger partial charge in [0.25, 0.3) is 0 Å². The Morgan fingerprint density at radius 2 is 0.833 bits per heavy atom. The Kier molecular flexibility index (Phi) is 21.7. The van der Waals surface area contributed by atoms with Crippen LogP contribution in [0.3, 0.4) is 0 Å². The van der Waals surface area contributed by atoms with Gasteiger partial charge in [-0.3, -0.25) is 0 Å². The molecule has 0 bridgehead atoms. The molecular weight excluding hydrogens is 1120 g/mol. The van der Waals surface area contributed by atoms with Crippen molar-refractivity contribution < 1.29 is 64.6 Å². The lowest BCUT2D eigenvalue weighted by Crippen LogP contribution is -2.42. The van der Waals surface area contributed by atoms with E-state index in [-0.39, 0.29) is 64.1 Å². The van der Waals surface area contributed by atoms with Gasteiger partial charge in [0, 0.05) is 28.6 Å². The first-order valence-electron chi connectivity index (χ1n) is 29.6. The van der Waals surface area contributed by atoms with E-state index in [0.29, 0.717) is 67.1 Å². The third-order valence-electron chi connectivity index (χ3n) is 17.5. The summed E-state index contributed by atoms with van der Waals surface area (Å²) in [6, 6.07) is 43.3. The number of sulfone groups is 3. The quantitative estimate of drug-likeness (QED) is 0.0465. The van der Waals surface area contributed by atoms with Gasteiger partial charge in [-0.05, 0) is 101 Å². The highest BCUT2D eigenvalue weighted by Gasteiger charge is 2.51. The second-order valence-corrected chi connectivity index (χ2v) is 28.9. The lowest BCUT2D eigenvalue weighted by atomic mass is 9.69. The van der Waals surface area contributed by atoms with Gasteiger partial charge < -0.3 is 39.4 Å². The van der Waals surface area contributed by atoms with Gasteiger partial charge in [-0.15, -0.1) is 0 Å². The summed E-state index contributed by atoms with van der Waals surface area (Å²) in [6.45, 7) is 11.4. The third kappa shape index (κ3) is 14.4. The number of rotatable bonds is 22. The molecule has 0 aromatic heterocycles. The fourth-order valence-corrected chi connectivity index (χ4v) is 19.3. The van der Waals surface area contributed by atoms with Gasteiger partial charge in [-0.25, -0.2) is 25.3 Å². The van der Waals surface area contributed by atoms with E-state index < -0.39 is 82.3 Å². The van der Waals surface area contributed by atoms with E-state index in [1.54, 1.807) is 49.4 Å². The molecule has 3 aliphatic rings. The predicted molar refractivity (Wildman–Crippen MR) is 326 cm³/mol. The van der Waals surface area contributed by atoms with Crippen LogP contribution in [0.5, 0.6) is 17.2 Å². The maximum atomic E-state index is 14.0. The minimum Gasteiger partial charge on any atom is -0.508 e. The Morgan fingerprint density at radius 1 is 0.464 bits per heavy atom. The maximum absolute atomic E-state index is 14.0. The minimum atomic E-state index is -3.75. The number of aromatic hydroxyl groups is 1. The van der Waals surface area contributed by atoms with E-state index in [2.05, 4.69) is 13.8 Å². The van der Waals surface area contributed by atoms with Gasteiger partial charge in [0.15, 0.2) is 29.5 Å². The van der Waals surface area contributed by atoms with E-state index >= 15 is 0 Å². The molecule has 14 nitrogen and oxygen atoms in total. The average molecular weight is 1210 g/mol. The fourth-order valence-electron chi connectivity index (χ4n) is 12.8. The molecule has 6 aromatic carbocycles. The molecule has 454 valence electrons. The molecular formula is C67H84O14S3. The van der Waals surface area contributed by atoms with Gasteiger partial charge in [-0.2, -0.15) is 0 Å². The number of hydrogen-bond acceptors (Lipinski definition) is 14. The number of aliphatic hydroxyl groups is 3. The monoisotopic (exact) mass is 1210 g/mol. The van der Waals surface area contributed by atoms with Crippen molar-refractivity contribution in [2.75, 3.05) is 56.9 Å². The second-order valence-electron chi connectivity index (χ2n) is 23.0. The van der Waals surface area contributed by atoms with Crippen LogP contribution in [0.1, 0.15) is 137 Å². The van der Waals surface area contributed by atoms with Crippen molar-refractivity contribution in [1.29, 1.82) is 0 Å². The zero-order valence-corrected chi connectivity index (χ0v) is 51.5. The number of phenolic OH excluding ortho intramolecular Hbond substituents is 1. The van der Waals surface area contributed by atoms with Crippen LogP contribution in [-0.4, -0.2) is 121 Å². The van der Waals surface area contributed by atoms with Crippen LogP contribution in [0, 0.1) is 16.7 Å². The molecule has 0 aliphatic carbocycles. The largest absolute Gasteiger partial charge is 0.508 e. The van der Waals surface area contributed by atoms with Crippen molar-refractivity contribution in [3.05, 3.63) is 179 Å². The van der Waals surface area contributed by atoms with Crippen molar-refractivity contribution in [1.82, 2.24) is 0 Å². The summed E-state index contributed by atoms with van der Waals surface area (Å²) in [7, 11) is -11.1. The first-order valence-corrected chi connectivity index (χ1v) is 34.6. The summed E-state index contributed by atoms with van der Waals surface area (Å²) < 4.78 is 105. The maximum Gasteiger partial charge on any atom is 0.179 e. The Hall–Kier alpha value is -5.63. The molecule has 0 radical (unpaired) electrons. The van der Waals surface area contributed by atoms with Crippen molar-refractivity contribution in [3.8, 4) is 17.2 Å². The van der Waals surface area contributed by atoms with Crippen LogP contribution >= 0.6 is 0 Å². The number of unbranched alkanes of at least 4 members (excludes halogenated alkanes) is 2. The molecule has 3 heterocycles. The van der Waals surface area contributed by atoms with E-state index in [9.17, 15) is 45.7 Å². The van der Waals surface area contributed by atoms with Crippen LogP contribution in [-0.2, 0) is 39.0 Å². The molecule has 0 saturated carbocycles. The third-order valence-corrected chi connectivity index (χ3v) is 23.5. The molecule has 9 atom stereocenters. The van der Waals surface area contributed by atoms with Crippen molar-refractivity contribution in [3.63, 3.8) is 0 Å². The van der Waals surface area contributed by atoms with E-state index in [0.717, 1.165) is 42.4 Å². The number of aliphatic hydroxyl groups excluding tert-OH is 3. The van der Waals surface area contributed by atoms with E-state index in [1.807, 2.05) is 105 Å². The normalized spacial score (nSPS) is 25.6. The van der Waals surface area contributed by atoms with Crippen LogP contribution < -0.4 is 9.47 Å². The lowest BCUT2D eigenvalue weighted by molar-refractivity contribution is 0.0173. The SMILES string of the molecule is CCCC[C@]1(CC)CS(=O)(=O)c2cc(O)ccc2[C@@H](c2ccccc2)C1O.CCCC[C@]1(CC)CS(=O)(=O)c2cc(OCCOCCOCCOc3ccc4c(c3)S(=O)(=O)C[C@H](C)[C@H](O)[C@@H]4c3ccccc3)ccc2[C@@H](c2ccccc2)[C@H]1O. The minimum absolute atomic E-state index is 0.0730. The Morgan fingerprint density at radius 3 is 1.25 bits per heavy atom. The van der Waals surface area contributed by atoms with Gasteiger partial charge >= 0.3 is 0 Å². The first kappa shape index (κ1) is 64.4. The molecule has 1 unspecified atom stereocenters. The summed E-state index contributed by atoms with van der Waals surface area (Å²) in [4.78, 5) is 0.521. The summed E-state index contributed by atoms with van der Waals surface area (Å²) in [5, 5.41) is 44.7. The van der Waals surface area contributed by atoms with Gasteiger partial charge in [0.05, 0.1) is 76.7 Å². The van der Waals surface area contributed by atoms with Crippen LogP contribution in [0.2, 0.25) is 0 Å². The molecule has 0 amide bonds. The van der Waals surface area contributed by atoms with Crippen molar-refractivity contribution in [2.24, 2.45) is 16.7 Å². The van der Waals surface area contributed by atoms with Gasteiger partial charge in [0.2, 0.25) is 0 Å². The smallest absolute Gasteiger partial charge is 0.179 e. The molecule has 4 N–H and O–H groups in total. The van der Waals surface area contributed by atoms with Gasteiger partial charge in [0.1, 0.15) is 30.5 Å². The number of phenols is 1. The highest BCUT2D eigenvalue weighted by molar-refractivity contribution is 7.92. The number of hydrogen-bond donors (Lipinski definition) is 4. The summed E-state index contributed by atoms with van der Waals surface area (Å²) >= 11 is 0. The molecule has 9 rings (SSSR count). The topological polar surface area (TPSA) is 220 Å². The Balaban J connectivity index is 0.000000284. The molecule has 0 fully saturated rings. The lowest BCUT2D eigenvalue weighted by Gasteiger charge is -2.39. The average Bonchev–Trinajstić information content (AvgIpc) is 2.38. The molecule has 0 saturated heterocycles. The van der Waals surface area contributed by atoms with E-state index in [4.69, 9.17) is 18.9 Å². The Labute approximate surface area is 498 Å². The summed E-state index contributed by atoms with van der Waals surface area (Å²) in [5.41, 5.74) is 2.85.